The van der Waals surface area contributed by atoms with Crippen LogP contribution in [0.25, 0.3) is 0 Å². The molecule has 0 aliphatic carbocycles. The molecule has 2 N–H and O–H groups in total. The minimum Gasteiger partial charge on any atom is -0.369 e. The van der Waals surface area contributed by atoms with Gasteiger partial charge in [0.15, 0.2) is 6.29 Å². The molecule has 1 aromatic rings. The fraction of sp³-hybridized carbons (Fsp3) is 0.400. The summed E-state index contributed by atoms with van der Waals surface area (Å²) in [4.78, 5) is 0. The molecular formula is C10H14O3. The molecule has 0 fully saturated rings. The fourth-order valence-corrected chi connectivity index (χ4v) is 0.888. The lowest BCUT2D eigenvalue weighted by molar-refractivity contribution is -0.142. The molecular weight excluding hydrogens is 168 g/mol. The minimum atomic E-state index is -1.41. The molecule has 1 aromatic carbocycles. The van der Waals surface area contributed by atoms with Crippen LogP contribution in [-0.4, -0.2) is 22.6 Å². The first-order chi connectivity index (χ1) is 6.20. The summed E-state index contributed by atoms with van der Waals surface area (Å²) in [6.45, 7) is 2.02. The van der Waals surface area contributed by atoms with Gasteiger partial charge in [0.2, 0.25) is 0 Å². The molecule has 0 saturated heterocycles. The SMILES string of the molecule is CC(OCc1ccccc1)C(O)O. The summed E-state index contributed by atoms with van der Waals surface area (Å²) < 4.78 is 5.19. The van der Waals surface area contributed by atoms with Crippen LogP contribution in [-0.2, 0) is 11.3 Å². The maximum Gasteiger partial charge on any atom is 0.178 e. The van der Waals surface area contributed by atoms with E-state index in [0.717, 1.165) is 5.56 Å². The second-order valence-corrected chi connectivity index (χ2v) is 2.92. The molecule has 0 radical (unpaired) electrons. The topological polar surface area (TPSA) is 49.7 Å². The van der Waals surface area contributed by atoms with Crippen molar-refractivity contribution in [1.82, 2.24) is 0 Å². The van der Waals surface area contributed by atoms with E-state index in [1.807, 2.05) is 30.3 Å². The lowest BCUT2D eigenvalue weighted by atomic mass is 10.2. The predicted molar refractivity (Wildman–Crippen MR) is 48.9 cm³/mol. The van der Waals surface area contributed by atoms with Crippen LogP contribution in [0.15, 0.2) is 30.3 Å². The van der Waals surface area contributed by atoms with Crippen LogP contribution in [0.4, 0.5) is 0 Å². The number of hydrogen-bond acceptors (Lipinski definition) is 3. The Morgan fingerprint density at radius 3 is 2.38 bits per heavy atom. The van der Waals surface area contributed by atoms with E-state index < -0.39 is 12.4 Å². The highest BCUT2D eigenvalue weighted by molar-refractivity contribution is 5.13. The maximum atomic E-state index is 8.73. The molecule has 72 valence electrons. The average molecular weight is 182 g/mol. The van der Waals surface area contributed by atoms with Gasteiger partial charge in [0.05, 0.1) is 6.61 Å². The highest BCUT2D eigenvalue weighted by atomic mass is 16.5. The van der Waals surface area contributed by atoms with Crippen LogP contribution in [0.2, 0.25) is 0 Å². The molecule has 0 aromatic heterocycles. The van der Waals surface area contributed by atoms with E-state index in [1.54, 1.807) is 6.92 Å². The molecule has 13 heavy (non-hydrogen) atoms. The third-order valence-corrected chi connectivity index (χ3v) is 1.78. The van der Waals surface area contributed by atoms with Crippen molar-refractivity contribution in [2.45, 2.75) is 25.9 Å². The number of benzene rings is 1. The van der Waals surface area contributed by atoms with Crippen molar-refractivity contribution in [3.8, 4) is 0 Å². The highest BCUT2D eigenvalue weighted by Gasteiger charge is 2.09. The standard InChI is InChI=1S/C10H14O3/c1-8(10(11)12)13-7-9-5-3-2-4-6-9/h2-6,8,10-12H,7H2,1H3. The summed E-state index contributed by atoms with van der Waals surface area (Å²) in [5.41, 5.74) is 1.02. The van der Waals surface area contributed by atoms with E-state index in [4.69, 9.17) is 14.9 Å². The molecule has 0 aliphatic heterocycles. The molecule has 0 spiro atoms. The average Bonchev–Trinajstić information content (AvgIpc) is 2.15. The largest absolute Gasteiger partial charge is 0.369 e. The predicted octanol–water partition coefficient (Wildman–Crippen LogP) is 0.902. The van der Waals surface area contributed by atoms with Crippen molar-refractivity contribution in [2.24, 2.45) is 0 Å². The monoisotopic (exact) mass is 182 g/mol. The summed E-state index contributed by atoms with van der Waals surface area (Å²) in [6, 6.07) is 9.61. The van der Waals surface area contributed by atoms with Crippen molar-refractivity contribution in [3.63, 3.8) is 0 Å². The lowest BCUT2D eigenvalue weighted by Gasteiger charge is -2.14. The van der Waals surface area contributed by atoms with E-state index in [1.165, 1.54) is 0 Å². The minimum absolute atomic E-state index is 0.402. The van der Waals surface area contributed by atoms with Crippen molar-refractivity contribution in [1.29, 1.82) is 0 Å². The van der Waals surface area contributed by atoms with Gasteiger partial charge in [-0.1, -0.05) is 30.3 Å². The second-order valence-electron chi connectivity index (χ2n) is 2.92. The summed E-state index contributed by atoms with van der Waals surface area (Å²) >= 11 is 0. The normalized spacial score (nSPS) is 13.2. The van der Waals surface area contributed by atoms with Crippen LogP contribution in [0.5, 0.6) is 0 Å². The Kier molecular flexibility index (Phi) is 3.89. The Bertz CT molecular complexity index is 233. The number of hydrogen-bond donors (Lipinski definition) is 2. The molecule has 0 saturated carbocycles. The van der Waals surface area contributed by atoms with Gasteiger partial charge in [0, 0.05) is 0 Å². The molecule has 0 bridgehead atoms. The van der Waals surface area contributed by atoms with Gasteiger partial charge in [0.25, 0.3) is 0 Å². The molecule has 0 amide bonds. The van der Waals surface area contributed by atoms with E-state index in [-0.39, 0.29) is 0 Å². The van der Waals surface area contributed by atoms with Gasteiger partial charge < -0.3 is 14.9 Å². The highest BCUT2D eigenvalue weighted by Crippen LogP contribution is 2.04. The van der Waals surface area contributed by atoms with Crippen LogP contribution in [0.3, 0.4) is 0 Å². The summed E-state index contributed by atoms with van der Waals surface area (Å²) in [5.74, 6) is 0. The van der Waals surface area contributed by atoms with Crippen LogP contribution < -0.4 is 0 Å². The summed E-state index contributed by atoms with van der Waals surface area (Å²) in [7, 11) is 0. The van der Waals surface area contributed by atoms with Crippen LogP contribution in [0.1, 0.15) is 12.5 Å². The van der Waals surface area contributed by atoms with Crippen molar-refractivity contribution < 1.29 is 14.9 Å². The number of aliphatic hydroxyl groups is 2. The van der Waals surface area contributed by atoms with Crippen LogP contribution >= 0.6 is 0 Å². The van der Waals surface area contributed by atoms with Gasteiger partial charge in [-0.2, -0.15) is 0 Å². The summed E-state index contributed by atoms with van der Waals surface area (Å²) in [5, 5.41) is 17.5. The van der Waals surface area contributed by atoms with Crippen molar-refractivity contribution in [2.75, 3.05) is 0 Å². The first-order valence-electron chi connectivity index (χ1n) is 4.22. The molecule has 3 heteroatoms. The Labute approximate surface area is 77.6 Å². The van der Waals surface area contributed by atoms with Gasteiger partial charge in [-0.25, -0.2) is 0 Å². The third-order valence-electron chi connectivity index (χ3n) is 1.78. The Morgan fingerprint density at radius 2 is 1.85 bits per heavy atom. The third kappa shape index (κ3) is 3.55. The molecule has 1 unspecified atom stereocenters. The smallest absolute Gasteiger partial charge is 0.178 e. The Hall–Kier alpha value is -0.900. The van der Waals surface area contributed by atoms with Gasteiger partial charge in [-0.05, 0) is 12.5 Å². The maximum absolute atomic E-state index is 8.73. The zero-order chi connectivity index (χ0) is 9.68. The quantitative estimate of drug-likeness (QED) is 0.680. The van der Waals surface area contributed by atoms with E-state index >= 15 is 0 Å². The van der Waals surface area contributed by atoms with E-state index in [0.29, 0.717) is 6.61 Å². The zero-order valence-corrected chi connectivity index (χ0v) is 7.55. The first kappa shape index (κ1) is 10.2. The van der Waals surface area contributed by atoms with Gasteiger partial charge in [0.1, 0.15) is 6.10 Å². The van der Waals surface area contributed by atoms with E-state index in [9.17, 15) is 0 Å². The molecule has 1 atom stereocenters. The van der Waals surface area contributed by atoms with Gasteiger partial charge in [-0.3, -0.25) is 0 Å². The summed E-state index contributed by atoms with van der Waals surface area (Å²) in [6.07, 6.45) is -1.97. The van der Waals surface area contributed by atoms with E-state index in [2.05, 4.69) is 0 Å². The van der Waals surface area contributed by atoms with Crippen LogP contribution in [0, 0.1) is 0 Å². The first-order valence-corrected chi connectivity index (χ1v) is 4.22. The molecule has 0 heterocycles. The van der Waals surface area contributed by atoms with Gasteiger partial charge >= 0.3 is 0 Å². The number of ether oxygens (including phenoxy) is 1. The fourth-order valence-electron chi connectivity index (χ4n) is 0.888. The zero-order valence-electron chi connectivity index (χ0n) is 7.55. The lowest BCUT2D eigenvalue weighted by Crippen LogP contribution is -2.25. The second kappa shape index (κ2) is 4.97. The van der Waals surface area contributed by atoms with Crippen molar-refractivity contribution >= 4 is 0 Å². The molecule has 3 nitrogen and oxygen atoms in total. The van der Waals surface area contributed by atoms with Gasteiger partial charge in [-0.15, -0.1) is 0 Å². The van der Waals surface area contributed by atoms with Crippen molar-refractivity contribution in [3.05, 3.63) is 35.9 Å². The number of rotatable bonds is 4. The number of aliphatic hydroxyl groups excluding tert-OH is 1. The molecule has 1 rings (SSSR count). The Morgan fingerprint density at radius 1 is 1.23 bits per heavy atom. The molecule has 0 aliphatic rings. The Balaban J connectivity index is 2.35.